The van der Waals surface area contributed by atoms with Crippen LogP contribution in [0.3, 0.4) is 0 Å². The predicted molar refractivity (Wildman–Crippen MR) is 64.6 cm³/mol. The fraction of sp³-hybridized carbons (Fsp3) is 0. The Kier molecular flexibility index (Phi) is 2.98. The molecule has 1 N–H and O–H groups in total. The van der Waals surface area contributed by atoms with Crippen molar-refractivity contribution in [2.75, 3.05) is 0 Å². The molecule has 0 radical (unpaired) electrons. The number of imidazole rings is 1. The number of carboxylic acids is 1. The van der Waals surface area contributed by atoms with Gasteiger partial charge in [-0.25, -0.2) is 9.78 Å². The average Bonchev–Trinajstić information content (AvgIpc) is 2.58. The van der Waals surface area contributed by atoms with Crippen LogP contribution in [0.15, 0.2) is 29.0 Å². The van der Waals surface area contributed by atoms with Crippen molar-refractivity contribution in [1.82, 2.24) is 9.38 Å². The minimum Gasteiger partial charge on any atom is -0.478 e. The largest absolute Gasteiger partial charge is 0.478 e. The molecule has 2 rings (SSSR count). The van der Waals surface area contributed by atoms with Gasteiger partial charge in [0.1, 0.15) is 0 Å². The fourth-order valence-electron chi connectivity index (χ4n) is 1.31. The second-order valence-electron chi connectivity index (χ2n) is 3.05. The molecule has 0 bridgehead atoms. The van der Waals surface area contributed by atoms with Crippen molar-refractivity contribution in [3.8, 4) is 0 Å². The van der Waals surface area contributed by atoms with Crippen LogP contribution >= 0.6 is 27.5 Å². The number of hydrogen-bond acceptors (Lipinski definition) is 2. The number of pyridine rings is 1. The van der Waals surface area contributed by atoms with Crippen LogP contribution in [0.2, 0.25) is 5.02 Å². The molecule has 0 aliphatic heterocycles. The van der Waals surface area contributed by atoms with Crippen LogP contribution in [-0.4, -0.2) is 20.5 Å². The van der Waals surface area contributed by atoms with Crippen molar-refractivity contribution in [2.24, 2.45) is 0 Å². The third kappa shape index (κ3) is 2.10. The summed E-state index contributed by atoms with van der Waals surface area (Å²) in [6.45, 7) is 0. The molecule has 0 fully saturated rings. The van der Waals surface area contributed by atoms with E-state index in [1.165, 1.54) is 6.08 Å². The molecule has 2 heterocycles. The fourth-order valence-corrected chi connectivity index (χ4v) is 2.19. The number of fused-ring (bicyclic) bond motifs is 1. The molecule has 0 amide bonds. The number of carbonyl (C=O) groups is 1. The molecule has 2 aromatic heterocycles. The van der Waals surface area contributed by atoms with Crippen molar-refractivity contribution >= 4 is 45.2 Å². The van der Waals surface area contributed by atoms with E-state index in [2.05, 4.69) is 20.9 Å². The predicted octanol–water partition coefficient (Wildman–Crippen LogP) is 2.85. The van der Waals surface area contributed by atoms with Gasteiger partial charge in [-0.1, -0.05) is 11.6 Å². The first-order valence-electron chi connectivity index (χ1n) is 4.31. The summed E-state index contributed by atoms with van der Waals surface area (Å²) < 4.78 is 2.47. The molecule has 0 aromatic carbocycles. The Balaban J connectivity index is 2.60. The first-order chi connectivity index (χ1) is 7.58. The molecule has 0 unspecified atom stereocenters. The average molecular weight is 302 g/mol. The highest BCUT2D eigenvalue weighted by molar-refractivity contribution is 9.10. The van der Waals surface area contributed by atoms with Crippen molar-refractivity contribution in [3.63, 3.8) is 0 Å². The lowest BCUT2D eigenvalue weighted by Gasteiger charge is -1.99. The van der Waals surface area contributed by atoms with E-state index in [0.717, 1.165) is 10.5 Å². The van der Waals surface area contributed by atoms with E-state index in [9.17, 15) is 4.79 Å². The zero-order valence-corrected chi connectivity index (χ0v) is 10.2. The van der Waals surface area contributed by atoms with Gasteiger partial charge in [0.05, 0.1) is 21.4 Å². The Hall–Kier alpha value is -1.33. The maximum absolute atomic E-state index is 10.4. The lowest BCUT2D eigenvalue weighted by molar-refractivity contribution is -0.131. The summed E-state index contributed by atoms with van der Waals surface area (Å²) in [5.41, 5.74) is 1.34. The highest BCUT2D eigenvalue weighted by Crippen LogP contribution is 2.23. The van der Waals surface area contributed by atoms with Crippen molar-refractivity contribution < 1.29 is 9.90 Å². The van der Waals surface area contributed by atoms with Crippen LogP contribution < -0.4 is 0 Å². The van der Waals surface area contributed by atoms with E-state index in [4.69, 9.17) is 16.7 Å². The summed E-state index contributed by atoms with van der Waals surface area (Å²) in [6.07, 6.45) is 5.77. The minimum absolute atomic E-state index is 0.544. The summed E-state index contributed by atoms with van der Waals surface area (Å²) in [6, 6.07) is 1.73. The third-order valence-corrected chi connectivity index (χ3v) is 2.74. The molecule has 0 spiro atoms. The van der Waals surface area contributed by atoms with E-state index in [-0.39, 0.29) is 0 Å². The first-order valence-corrected chi connectivity index (χ1v) is 5.48. The summed E-state index contributed by atoms with van der Waals surface area (Å²) in [4.78, 5) is 14.6. The number of hydrogen-bond donors (Lipinski definition) is 1. The van der Waals surface area contributed by atoms with Gasteiger partial charge < -0.3 is 5.11 Å². The summed E-state index contributed by atoms with van der Waals surface area (Å²) in [5.74, 6) is -1.00. The van der Waals surface area contributed by atoms with Gasteiger partial charge in [-0.3, -0.25) is 4.40 Å². The smallest absolute Gasteiger partial charge is 0.328 e. The zero-order valence-electron chi connectivity index (χ0n) is 7.89. The van der Waals surface area contributed by atoms with Gasteiger partial charge in [0.25, 0.3) is 0 Å². The second-order valence-corrected chi connectivity index (χ2v) is 4.35. The van der Waals surface area contributed by atoms with Crippen LogP contribution in [0.4, 0.5) is 0 Å². The molecule has 2 aromatic rings. The van der Waals surface area contributed by atoms with E-state index < -0.39 is 5.97 Å². The van der Waals surface area contributed by atoms with Crippen LogP contribution in [0, 0.1) is 0 Å². The monoisotopic (exact) mass is 300 g/mol. The van der Waals surface area contributed by atoms with Crippen molar-refractivity contribution in [2.45, 2.75) is 0 Å². The second kappa shape index (κ2) is 4.27. The molecule has 0 saturated heterocycles. The number of aromatic nitrogens is 2. The number of rotatable bonds is 2. The van der Waals surface area contributed by atoms with E-state index >= 15 is 0 Å². The van der Waals surface area contributed by atoms with E-state index in [1.807, 2.05) is 0 Å². The van der Waals surface area contributed by atoms with Gasteiger partial charge in [0.2, 0.25) is 0 Å². The van der Waals surface area contributed by atoms with Crippen LogP contribution in [-0.2, 0) is 4.79 Å². The maximum Gasteiger partial charge on any atom is 0.328 e. The lowest BCUT2D eigenvalue weighted by Crippen LogP contribution is -1.90. The summed E-state index contributed by atoms with van der Waals surface area (Å²) >= 11 is 9.23. The Bertz CT molecular complexity index is 592. The standard InChI is InChI=1S/C10H6BrClN2O2/c11-8-3-6(12)5-14-7(1-2-9(15)16)4-13-10(8)14/h1-5H,(H,15,16)/b2-1+. The van der Waals surface area contributed by atoms with Gasteiger partial charge in [-0.05, 0) is 28.1 Å². The quantitative estimate of drug-likeness (QED) is 0.868. The van der Waals surface area contributed by atoms with Crippen LogP contribution in [0.25, 0.3) is 11.7 Å². The Labute approximate surface area is 104 Å². The Morgan fingerprint density at radius 3 is 3.06 bits per heavy atom. The molecule has 0 saturated carbocycles. The minimum atomic E-state index is -1.00. The number of halogens is 2. The number of aliphatic carboxylic acids is 1. The van der Waals surface area contributed by atoms with Crippen molar-refractivity contribution in [3.05, 3.63) is 39.7 Å². The van der Waals surface area contributed by atoms with Gasteiger partial charge in [-0.15, -0.1) is 0 Å². The first kappa shape index (κ1) is 11.2. The molecule has 16 heavy (non-hydrogen) atoms. The SMILES string of the molecule is O=C(O)/C=C/c1cnc2c(Br)cc(Cl)cn12. The molecule has 0 aliphatic carbocycles. The molecule has 0 atom stereocenters. The zero-order chi connectivity index (χ0) is 11.7. The number of nitrogens with zero attached hydrogens (tertiary/aromatic N) is 2. The topological polar surface area (TPSA) is 54.6 Å². The molecule has 6 heteroatoms. The molecule has 4 nitrogen and oxygen atoms in total. The normalized spacial score (nSPS) is 11.4. The molecular formula is C10H6BrClN2O2. The van der Waals surface area contributed by atoms with Gasteiger partial charge >= 0.3 is 5.97 Å². The Morgan fingerprint density at radius 2 is 2.38 bits per heavy atom. The molecular weight excluding hydrogens is 295 g/mol. The Morgan fingerprint density at radius 1 is 1.62 bits per heavy atom. The molecule has 0 aliphatic rings. The molecule has 82 valence electrons. The van der Waals surface area contributed by atoms with E-state index in [0.29, 0.717) is 16.4 Å². The van der Waals surface area contributed by atoms with Gasteiger partial charge in [-0.2, -0.15) is 0 Å². The van der Waals surface area contributed by atoms with Crippen LogP contribution in [0.1, 0.15) is 5.69 Å². The summed E-state index contributed by atoms with van der Waals surface area (Å²) in [5, 5.41) is 9.09. The van der Waals surface area contributed by atoms with Gasteiger partial charge in [0, 0.05) is 12.3 Å². The highest BCUT2D eigenvalue weighted by atomic mass is 79.9. The summed E-state index contributed by atoms with van der Waals surface area (Å²) in [7, 11) is 0. The van der Waals surface area contributed by atoms with E-state index in [1.54, 1.807) is 22.9 Å². The van der Waals surface area contributed by atoms with Gasteiger partial charge in [0.15, 0.2) is 5.65 Å². The highest BCUT2D eigenvalue weighted by Gasteiger charge is 2.05. The van der Waals surface area contributed by atoms with Crippen molar-refractivity contribution in [1.29, 1.82) is 0 Å². The number of carboxylic acid groups (broad SMARTS) is 1. The maximum atomic E-state index is 10.4. The third-order valence-electron chi connectivity index (χ3n) is 1.95. The lowest BCUT2D eigenvalue weighted by atomic mass is 10.4. The van der Waals surface area contributed by atoms with Crippen LogP contribution in [0.5, 0.6) is 0 Å².